The predicted molar refractivity (Wildman–Crippen MR) is 82.5 cm³/mol. The fourth-order valence-corrected chi connectivity index (χ4v) is 2.60. The van der Waals surface area contributed by atoms with Gasteiger partial charge in [0.2, 0.25) is 5.88 Å². The third-order valence-electron chi connectivity index (χ3n) is 3.36. The lowest BCUT2D eigenvalue weighted by Crippen LogP contribution is -1.99. The first kappa shape index (κ1) is 14.3. The smallest absolute Gasteiger partial charge is 0.356 e. The summed E-state index contributed by atoms with van der Waals surface area (Å²) in [6, 6.07) is 8.64. The van der Waals surface area contributed by atoms with Gasteiger partial charge < -0.3 is 9.84 Å². The van der Waals surface area contributed by atoms with Crippen LogP contribution < -0.4 is 4.74 Å². The first-order valence-corrected chi connectivity index (χ1v) is 6.80. The number of aromatic carboxylic acids is 1. The molecule has 0 fully saturated rings. The molecule has 1 N–H and O–H groups in total. The Kier molecular flexibility index (Phi) is 3.46. The molecule has 112 valence electrons. The number of rotatable bonds is 3. The largest absolute Gasteiger partial charge is 0.481 e. The Labute approximate surface area is 130 Å². The van der Waals surface area contributed by atoms with Crippen molar-refractivity contribution in [1.29, 1.82) is 0 Å². The van der Waals surface area contributed by atoms with E-state index >= 15 is 0 Å². The van der Waals surface area contributed by atoms with Crippen molar-refractivity contribution < 1.29 is 14.6 Å². The van der Waals surface area contributed by atoms with Crippen LogP contribution in [0.3, 0.4) is 0 Å². The molecule has 0 radical (unpaired) electrons. The van der Waals surface area contributed by atoms with Crippen LogP contribution in [0.1, 0.15) is 10.5 Å². The number of halogens is 1. The van der Waals surface area contributed by atoms with E-state index in [0.29, 0.717) is 27.7 Å². The average molecular weight is 318 g/mol. The van der Waals surface area contributed by atoms with Crippen LogP contribution >= 0.6 is 11.6 Å². The second-order valence-corrected chi connectivity index (χ2v) is 5.07. The Hall–Kier alpha value is -2.60. The molecule has 2 heterocycles. The molecule has 6 nitrogen and oxygen atoms in total. The van der Waals surface area contributed by atoms with Crippen molar-refractivity contribution in [3.05, 3.63) is 41.0 Å². The average Bonchev–Trinajstić information content (AvgIpc) is 2.89. The summed E-state index contributed by atoms with van der Waals surface area (Å²) in [7, 11) is 3.22. The maximum atomic E-state index is 11.0. The molecule has 0 atom stereocenters. The molecule has 0 aliphatic rings. The van der Waals surface area contributed by atoms with Gasteiger partial charge in [0.05, 0.1) is 23.3 Å². The monoisotopic (exact) mass is 317 g/mol. The minimum absolute atomic E-state index is 0.0264. The van der Waals surface area contributed by atoms with Crippen LogP contribution in [0.2, 0.25) is 5.02 Å². The van der Waals surface area contributed by atoms with Gasteiger partial charge in [0, 0.05) is 24.1 Å². The number of carboxylic acids is 1. The minimum atomic E-state index is -1.08. The fourth-order valence-electron chi connectivity index (χ4n) is 2.28. The summed E-state index contributed by atoms with van der Waals surface area (Å²) < 4.78 is 6.59. The Bertz CT molecular complexity index is 889. The first-order chi connectivity index (χ1) is 10.5. The molecule has 0 aliphatic heterocycles. The number of methoxy groups -OCH3 is 1. The highest BCUT2D eigenvalue weighted by Crippen LogP contribution is 2.34. The number of carbonyl (C=O) groups is 1. The molecule has 0 amide bonds. The molecular weight excluding hydrogens is 306 g/mol. The van der Waals surface area contributed by atoms with Gasteiger partial charge in [0.1, 0.15) is 0 Å². The summed E-state index contributed by atoms with van der Waals surface area (Å²) >= 11 is 6.46. The molecule has 1 aromatic carbocycles. The Morgan fingerprint density at radius 1 is 1.32 bits per heavy atom. The van der Waals surface area contributed by atoms with E-state index in [2.05, 4.69) is 10.1 Å². The zero-order valence-electron chi connectivity index (χ0n) is 11.9. The van der Waals surface area contributed by atoms with E-state index in [0.717, 1.165) is 5.39 Å². The Morgan fingerprint density at radius 3 is 2.73 bits per heavy atom. The van der Waals surface area contributed by atoms with Gasteiger partial charge in [-0.1, -0.05) is 11.6 Å². The zero-order chi connectivity index (χ0) is 15.9. The lowest BCUT2D eigenvalue weighted by molar-refractivity contribution is 0.0689. The number of aryl methyl sites for hydroxylation is 1. The molecule has 0 spiro atoms. The number of nitrogens with zero attached hydrogens (tertiary/aromatic N) is 3. The number of hydrogen-bond donors (Lipinski definition) is 1. The molecule has 3 rings (SSSR count). The van der Waals surface area contributed by atoms with Crippen molar-refractivity contribution in [3.63, 3.8) is 0 Å². The van der Waals surface area contributed by atoms with Crippen molar-refractivity contribution in [1.82, 2.24) is 14.8 Å². The summed E-state index contributed by atoms with van der Waals surface area (Å²) in [4.78, 5) is 15.4. The number of aromatic nitrogens is 3. The molecule has 0 unspecified atom stereocenters. The quantitative estimate of drug-likeness (QED) is 0.803. The minimum Gasteiger partial charge on any atom is -0.481 e. The first-order valence-electron chi connectivity index (χ1n) is 6.42. The van der Waals surface area contributed by atoms with Crippen molar-refractivity contribution in [2.24, 2.45) is 7.05 Å². The lowest BCUT2D eigenvalue weighted by Gasteiger charge is -2.08. The third kappa shape index (κ3) is 2.27. The van der Waals surface area contributed by atoms with E-state index in [1.165, 1.54) is 10.7 Å². The third-order valence-corrected chi connectivity index (χ3v) is 3.77. The number of carboxylic acid groups (broad SMARTS) is 1. The normalized spacial score (nSPS) is 10.9. The number of pyridine rings is 1. The van der Waals surface area contributed by atoms with Crippen molar-refractivity contribution in [2.45, 2.75) is 0 Å². The van der Waals surface area contributed by atoms with Gasteiger partial charge in [0.15, 0.2) is 5.69 Å². The molecule has 2 aromatic heterocycles. The molecule has 3 aromatic rings. The number of benzene rings is 1. The van der Waals surface area contributed by atoms with Crippen LogP contribution in [0.15, 0.2) is 30.3 Å². The second-order valence-electron chi connectivity index (χ2n) is 4.69. The highest BCUT2D eigenvalue weighted by molar-refractivity contribution is 6.38. The highest BCUT2D eigenvalue weighted by Gasteiger charge is 2.16. The predicted octanol–water partition coefficient (Wildman–Crippen LogP) is 3.00. The second kappa shape index (κ2) is 5.31. The number of fused-ring (bicyclic) bond motifs is 1. The highest BCUT2D eigenvalue weighted by atomic mass is 35.5. The Morgan fingerprint density at radius 2 is 2.09 bits per heavy atom. The molecule has 0 saturated heterocycles. The fraction of sp³-hybridized carbons (Fsp3) is 0.133. The van der Waals surface area contributed by atoms with E-state index < -0.39 is 5.97 Å². The van der Waals surface area contributed by atoms with Crippen LogP contribution in [0.4, 0.5) is 0 Å². The maximum absolute atomic E-state index is 11.0. The van der Waals surface area contributed by atoms with Gasteiger partial charge in [-0.15, -0.1) is 0 Å². The SMILES string of the molecule is COc1ccc2c(Cl)c(-c3cc(C(=O)O)nn3C)ccc2n1. The van der Waals surface area contributed by atoms with Gasteiger partial charge in [-0.2, -0.15) is 5.10 Å². The van der Waals surface area contributed by atoms with Gasteiger partial charge in [-0.3, -0.25) is 4.68 Å². The van der Waals surface area contributed by atoms with E-state index in [-0.39, 0.29) is 5.69 Å². The molecule has 22 heavy (non-hydrogen) atoms. The number of ether oxygens (including phenoxy) is 1. The van der Waals surface area contributed by atoms with E-state index in [1.54, 1.807) is 26.3 Å². The number of hydrogen-bond acceptors (Lipinski definition) is 4. The summed E-state index contributed by atoms with van der Waals surface area (Å²) in [6.45, 7) is 0. The van der Waals surface area contributed by atoms with E-state index in [4.69, 9.17) is 21.4 Å². The molecule has 0 saturated carbocycles. The summed E-state index contributed by atoms with van der Waals surface area (Å²) in [5.41, 5.74) is 2.00. The molecule has 0 bridgehead atoms. The van der Waals surface area contributed by atoms with Crippen LogP contribution in [-0.2, 0) is 7.05 Å². The van der Waals surface area contributed by atoms with Crippen LogP contribution in [0.5, 0.6) is 5.88 Å². The Balaban J connectivity index is 2.20. The summed E-state index contributed by atoms with van der Waals surface area (Å²) in [6.07, 6.45) is 0. The summed E-state index contributed by atoms with van der Waals surface area (Å²) in [5.74, 6) is -0.574. The van der Waals surface area contributed by atoms with Crippen molar-refractivity contribution in [3.8, 4) is 17.1 Å². The van der Waals surface area contributed by atoms with E-state index in [9.17, 15) is 4.79 Å². The van der Waals surface area contributed by atoms with Gasteiger partial charge >= 0.3 is 5.97 Å². The van der Waals surface area contributed by atoms with Crippen LogP contribution in [0, 0.1) is 0 Å². The van der Waals surface area contributed by atoms with Crippen molar-refractivity contribution in [2.75, 3.05) is 7.11 Å². The molecular formula is C15H12ClN3O3. The van der Waals surface area contributed by atoms with Gasteiger partial charge in [0.25, 0.3) is 0 Å². The molecule has 7 heteroatoms. The zero-order valence-corrected chi connectivity index (χ0v) is 12.6. The van der Waals surface area contributed by atoms with Crippen molar-refractivity contribution >= 4 is 28.5 Å². The van der Waals surface area contributed by atoms with Gasteiger partial charge in [-0.25, -0.2) is 9.78 Å². The van der Waals surface area contributed by atoms with Crippen LogP contribution in [0.25, 0.3) is 22.2 Å². The van der Waals surface area contributed by atoms with Crippen LogP contribution in [-0.4, -0.2) is 33.0 Å². The maximum Gasteiger partial charge on any atom is 0.356 e. The molecule has 0 aliphatic carbocycles. The van der Waals surface area contributed by atoms with Gasteiger partial charge in [-0.05, 0) is 24.3 Å². The summed E-state index contributed by atoms with van der Waals surface area (Å²) in [5, 5.41) is 14.2. The lowest BCUT2D eigenvalue weighted by atomic mass is 10.1. The topological polar surface area (TPSA) is 77.2 Å². The van der Waals surface area contributed by atoms with E-state index in [1.807, 2.05) is 12.1 Å². The standard InChI is InChI=1S/C15H12ClN3O3/c1-19-12(7-11(18-19)15(20)21)9-3-5-10-8(14(9)16)4-6-13(17-10)22-2/h3-7H,1-2H3,(H,20,21).